The van der Waals surface area contributed by atoms with Gasteiger partial charge in [0.15, 0.2) is 0 Å². The largest absolute Gasteiger partial charge is 0.381 e. The minimum Gasteiger partial charge on any atom is -0.381 e. The molecule has 0 aliphatic rings. The van der Waals surface area contributed by atoms with Crippen LogP contribution in [0.25, 0.3) is 0 Å². The predicted octanol–water partition coefficient (Wildman–Crippen LogP) is 1.50. The molecule has 0 heterocycles. The van der Waals surface area contributed by atoms with Gasteiger partial charge >= 0.3 is 0 Å². The minimum atomic E-state index is 0.974. The van der Waals surface area contributed by atoms with Crippen molar-refractivity contribution < 1.29 is 0 Å². The van der Waals surface area contributed by atoms with Gasteiger partial charge in [0.1, 0.15) is 0 Å². The maximum Gasteiger partial charge on any atom is 0.0658 e. The molecule has 0 aliphatic heterocycles. The summed E-state index contributed by atoms with van der Waals surface area (Å²) in [5, 5.41) is 3.00. The van der Waals surface area contributed by atoms with Crippen molar-refractivity contribution in [1.82, 2.24) is 5.32 Å². The second-order valence-electron chi connectivity index (χ2n) is 0.935. The van der Waals surface area contributed by atoms with Gasteiger partial charge in [-0.1, -0.05) is 6.58 Å². The van der Waals surface area contributed by atoms with E-state index < -0.39 is 0 Å². The van der Waals surface area contributed by atoms with Crippen LogP contribution < -0.4 is 5.32 Å². The Morgan fingerprint density at radius 3 is 2.50 bits per heavy atom. The van der Waals surface area contributed by atoms with Crippen molar-refractivity contribution >= 4 is 22.6 Å². The molecule has 0 spiro atoms. The van der Waals surface area contributed by atoms with E-state index in [1.165, 1.54) is 0 Å². The smallest absolute Gasteiger partial charge is 0.0658 e. The van der Waals surface area contributed by atoms with Crippen LogP contribution in [0.15, 0.2) is 10.3 Å². The van der Waals surface area contributed by atoms with Gasteiger partial charge in [-0.3, -0.25) is 0 Å². The van der Waals surface area contributed by atoms with Crippen LogP contribution in [0.2, 0.25) is 0 Å². The van der Waals surface area contributed by atoms with Crippen LogP contribution in [0.5, 0.6) is 0 Å². The fourth-order valence-electron chi connectivity index (χ4n) is 0.192. The third-order valence-corrected chi connectivity index (χ3v) is 0.750. The highest BCUT2D eigenvalue weighted by atomic mass is 127. The zero-order valence-electron chi connectivity index (χ0n) is 3.79. The monoisotopic (exact) mass is 197 g/mol. The molecule has 0 rings (SSSR count). The van der Waals surface area contributed by atoms with Crippen molar-refractivity contribution in [3.05, 3.63) is 10.3 Å². The van der Waals surface area contributed by atoms with Crippen molar-refractivity contribution in [1.29, 1.82) is 0 Å². The molecule has 0 fully saturated rings. The Bertz CT molecular complexity index is 51.5. The maximum absolute atomic E-state index is 3.62. The molecule has 1 N–H and O–H groups in total. The number of nitrogens with one attached hydrogen (secondary N) is 1. The van der Waals surface area contributed by atoms with E-state index in [0.29, 0.717) is 0 Å². The van der Waals surface area contributed by atoms with Crippen molar-refractivity contribution in [3.8, 4) is 0 Å². The van der Waals surface area contributed by atoms with Gasteiger partial charge in [-0.25, -0.2) is 0 Å². The summed E-state index contributed by atoms with van der Waals surface area (Å²) < 4.78 is 1.01. The molecule has 0 saturated heterocycles. The average Bonchev–Trinajstić information content (AvgIpc) is 1.35. The average molecular weight is 197 g/mol. The molecule has 0 aliphatic carbocycles. The second-order valence-corrected chi connectivity index (χ2v) is 2.24. The molecule has 2 heteroatoms. The molecule has 36 valence electrons. The van der Waals surface area contributed by atoms with E-state index in [2.05, 4.69) is 34.5 Å². The lowest BCUT2D eigenvalue weighted by Gasteiger charge is -1.93. The Labute approximate surface area is 52.0 Å². The highest BCUT2D eigenvalue weighted by Crippen LogP contribution is 1.92. The molecule has 6 heavy (non-hydrogen) atoms. The zero-order valence-corrected chi connectivity index (χ0v) is 5.95. The van der Waals surface area contributed by atoms with Crippen molar-refractivity contribution in [3.63, 3.8) is 0 Å². The normalized spacial score (nSPS) is 7.67. The standard InChI is InChI=1S/C4H8IN/c1-3-6-4(2)5/h6H,2-3H2,1H3. The first-order valence-corrected chi connectivity index (χ1v) is 2.93. The number of hydrogen-bond acceptors (Lipinski definition) is 1. The van der Waals surface area contributed by atoms with Gasteiger partial charge in [0, 0.05) is 6.54 Å². The van der Waals surface area contributed by atoms with E-state index in [-0.39, 0.29) is 0 Å². The van der Waals surface area contributed by atoms with Gasteiger partial charge in [0.2, 0.25) is 0 Å². The van der Waals surface area contributed by atoms with E-state index in [1.54, 1.807) is 0 Å². The summed E-state index contributed by atoms with van der Waals surface area (Å²) in [6.07, 6.45) is 0. The first kappa shape index (κ1) is 6.27. The lowest BCUT2D eigenvalue weighted by atomic mass is 10.7. The lowest BCUT2D eigenvalue weighted by molar-refractivity contribution is 0.916. The van der Waals surface area contributed by atoms with E-state index in [0.717, 1.165) is 10.2 Å². The van der Waals surface area contributed by atoms with Crippen LogP contribution in [-0.2, 0) is 0 Å². The van der Waals surface area contributed by atoms with Gasteiger partial charge in [0.25, 0.3) is 0 Å². The van der Waals surface area contributed by atoms with Crippen LogP contribution >= 0.6 is 22.6 Å². The second kappa shape index (κ2) is 3.46. The molecule has 0 saturated carbocycles. The first-order chi connectivity index (χ1) is 2.77. The summed E-state index contributed by atoms with van der Waals surface area (Å²) in [6.45, 7) is 6.64. The summed E-state index contributed by atoms with van der Waals surface area (Å²) in [7, 11) is 0. The summed E-state index contributed by atoms with van der Waals surface area (Å²) in [5.74, 6) is 0. The Hall–Kier alpha value is 0.270. The van der Waals surface area contributed by atoms with Gasteiger partial charge < -0.3 is 5.32 Å². The highest BCUT2D eigenvalue weighted by molar-refractivity contribution is 14.1. The van der Waals surface area contributed by atoms with E-state index in [1.807, 2.05) is 6.92 Å². The summed E-state index contributed by atoms with van der Waals surface area (Å²) in [4.78, 5) is 0. The van der Waals surface area contributed by atoms with Crippen molar-refractivity contribution in [2.45, 2.75) is 6.92 Å². The van der Waals surface area contributed by atoms with Gasteiger partial charge in [-0.15, -0.1) is 0 Å². The topological polar surface area (TPSA) is 12.0 Å². The van der Waals surface area contributed by atoms with Crippen LogP contribution in [0.3, 0.4) is 0 Å². The Morgan fingerprint density at radius 2 is 2.50 bits per heavy atom. The third kappa shape index (κ3) is 4.27. The summed E-state index contributed by atoms with van der Waals surface area (Å²) in [6, 6.07) is 0. The molecule has 0 amide bonds. The highest BCUT2D eigenvalue weighted by Gasteiger charge is 1.73. The lowest BCUT2D eigenvalue weighted by Crippen LogP contribution is -2.04. The molecule has 0 aromatic heterocycles. The fraction of sp³-hybridized carbons (Fsp3) is 0.500. The SMILES string of the molecule is C=C(I)NCC. The van der Waals surface area contributed by atoms with Crippen molar-refractivity contribution in [2.24, 2.45) is 0 Å². The van der Waals surface area contributed by atoms with Crippen LogP contribution in [0.1, 0.15) is 6.92 Å². The van der Waals surface area contributed by atoms with E-state index in [4.69, 9.17) is 0 Å². The molecule has 0 atom stereocenters. The number of halogens is 1. The molecule has 1 nitrogen and oxygen atoms in total. The summed E-state index contributed by atoms with van der Waals surface area (Å²) in [5.41, 5.74) is 0. The maximum atomic E-state index is 3.62. The van der Waals surface area contributed by atoms with Crippen LogP contribution in [-0.4, -0.2) is 6.54 Å². The molecule has 0 radical (unpaired) electrons. The molecular formula is C4H8IN. The number of rotatable bonds is 2. The Balaban J connectivity index is 2.83. The van der Waals surface area contributed by atoms with Crippen LogP contribution in [0.4, 0.5) is 0 Å². The minimum absolute atomic E-state index is 0.974. The molecular weight excluding hydrogens is 189 g/mol. The third-order valence-electron chi connectivity index (χ3n) is 0.369. The van der Waals surface area contributed by atoms with Crippen LogP contribution in [0, 0.1) is 0 Å². The van der Waals surface area contributed by atoms with Gasteiger partial charge in [-0.2, -0.15) is 0 Å². The van der Waals surface area contributed by atoms with E-state index in [9.17, 15) is 0 Å². The number of hydrogen-bond donors (Lipinski definition) is 1. The molecule has 0 bridgehead atoms. The molecule has 0 aromatic carbocycles. The Kier molecular flexibility index (Phi) is 3.62. The Morgan fingerprint density at radius 1 is 2.00 bits per heavy atom. The molecule has 0 unspecified atom stereocenters. The van der Waals surface area contributed by atoms with Gasteiger partial charge in [0.05, 0.1) is 3.70 Å². The summed E-state index contributed by atoms with van der Waals surface area (Å²) >= 11 is 2.14. The fourth-order valence-corrected chi connectivity index (χ4v) is 0.573. The molecule has 0 aromatic rings. The van der Waals surface area contributed by atoms with E-state index >= 15 is 0 Å². The first-order valence-electron chi connectivity index (χ1n) is 1.85. The van der Waals surface area contributed by atoms with Gasteiger partial charge in [-0.05, 0) is 29.5 Å². The quantitative estimate of drug-likeness (QED) is 0.522. The predicted molar refractivity (Wildman–Crippen MR) is 36.8 cm³/mol. The zero-order chi connectivity index (χ0) is 4.99. The van der Waals surface area contributed by atoms with Crippen molar-refractivity contribution in [2.75, 3.05) is 6.54 Å².